The Labute approximate surface area is 202 Å². The molecule has 174 valence electrons. The van der Waals surface area contributed by atoms with Crippen LogP contribution in [0.25, 0.3) is 10.9 Å². The van der Waals surface area contributed by atoms with Crippen LogP contribution in [-0.4, -0.2) is 70.0 Å². The fourth-order valence-electron chi connectivity index (χ4n) is 3.42. The SMILES string of the molecule is CCNC(=NCCCc1cc2c(OC)cc(OC)cc2[nH]1)N(C)CCOCC1CC1.I. The Kier molecular flexibility index (Phi) is 10.7. The number of H-pyrrole nitrogens is 1. The first-order valence-corrected chi connectivity index (χ1v) is 10.9. The van der Waals surface area contributed by atoms with Crippen LogP contribution in [0.3, 0.4) is 0 Å². The maximum absolute atomic E-state index is 5.76. The molecule has 2 N–H and O–H groups in total. The molecule has 0 unspecified atom stereocenters. The Morgan fingerprint density at radius 3 is 2.71 bits per heavy atom. The van der Waals surface area contributed by atoms with Crippen molar-refractivity contribution >= 4 is 40.8 Å². The smallest absolute Gasteiger partial charge is 0.193 e. The lowest BCUT2D eigenvalue weighted by Gasteiger charge is -2.22. The van der Waals surface area contributed by atoms with Crippen molar-refractivity contribution in [2.75, 3.05) is 54.1 Å². The van der Waals surface area contributed by atoms with Crippen molar-refractivity contribution in [3.8, 4) is 11.5 Å². The Balaban J connectivity index is 0.00000341. The zero-order valence-electron chi connectivity index (χ0n) is 19.2. The lowest BCUT2D eigenvalue weighted by atomic mass is 10.2. The molecule has 1 aromatic carbocycles. The second-order valence-corrected chi connectivity index (χ2v) is 7.86. The van der Waals surface area contributed by atoms with Gasteiger partial charge in [-0.1, -0.05) is 0 Å². The van der Waals surface area contributed by atoms with E-state index < -0.39 is 0 Å². The minimum Gasteiger partial charge on any atom is -0.497 e. The molecule has 0 saturated heterocycles. The third kappa shape index (κ3) is 7.75. The van der Waals surface area contributed by atoms with Gasteiger partial charge in [-0.2, -0.15) is 0 Å². The number of halogens is 1. The number of fused-ring (bicyclic) bond motifs is 1. The summed E-state index contributed by atoms with van der Waals surface area (Å²) < 4.78 is 16.6. The van der Waals surface area contributed by atoms with Gasteiger partial charge in [0.25, 0.3) is 0 Å². The Morgan fingerprint density at radius 2 is 2.03 bits per heavy atom. The minimum atomic E-state index is 0. The summed E-state index contributed by atoms with van der Waals surface area (Å²) in [5, 5.41) is 4.45. The number of likely N-dealkylation sites (N-methyl/N-ethyl adjacent to an activating group) is 1. The van der Waals surface area contributed by atoms with Crippen molar-refractivity contribution in [1.82, 2.24) is 15.2 Å². The highest BCUT2D eigenvalue weighted by Gasteiger charge is 2.21. The molecular weight excluding hydrogens is 507 g/mol. The van der Waals surface area contributed by atoms with Crippen LogP contribution in [0.5, 0.6) is 11.5 Å². The second kappa shape index (κ2) is 13.0. The van der Waals surface area contributed by atoms with Gasteiger partial charge in [0.1, 0.15) is 11.5 Å². The molecule has 0 spiro atoms. The Bertz CT molecular complexity index is 836. The molecule has 1 saturated carbocycles. The maximum Gasteiger partial charge on any atom is 0.193 e. The number of nitrogens with zero attached hydrogens (tertiary/aromatic N) is 2. The summed E-state index contributed by atoms with van der Waals surface area (Å²) in [7, 11) is 5.42. The fourth-order valence-corrected chi connectivity index (χ4v) is 3.42. The van der Waals surface area contributed by atoms with Crippen LogP contribution in [0.1, 0.15) is 31.9 Å². The van der Waals surface area contributed by atoms with E-state index in [1.807, 2.05) is 12.1 Å². The van der Waals surface area contributed by atoms with Gasteiger partial charge in [-0.3, -0.25) is 4.99 Å². The molecule has 1 aromatic heterocycles. The molecule has 1 aliphatic carbocycles. The van der Waals surface area contributed by atoms with Crippen molar-refractivity contribution in [2.45, 2.75) is 32.6 Å². The number of rotatable bonds is 12. The summed E-state index contributed by atoms with van der Waals surface area (Å²) >= 11 is 0. The molecule has 1 aliphatic rings. The molecule has 0 radical (unpaired) electrons. The normalized spacial score (nSPS) is 13.7. The van der Waals surface area contributed by atoms with Crippen molar-refractivity contribution in [3.63, 3.8) is 0 Å². The highest BCUT2D eigenvalue weighted by molar-refractivity contribution is 14.0. The summed E-state index contributed by atoms with van der Waals surface area (Å²) in [6.45, 7) is 6.23. The number of guanidine groups is 1. The molecule has 0 atom stereocenters. The molecule has 0 bridgehead atoms. The van der Waals surface area contributed by atoms with E-state index in [0.717, 1.165) is 80.0 Å². The minimum absolute atomic E-state index is 0. The maximum atomic E-state index is 5.76. The van der Waals surface area contributed by atoms with E-state index in [-0.39, 0.29) is 24.0 Å². The number of aromatic nitrogens is 1. The molecule has 0 amide bonds. The van der Waals surface area contributed by atoms with E-state index >= 15 is 0 Å². The van der Waals surface area contributed by atoms with Gasteiger partial charge in [0.15, 0.2) is 5.96 Å². The van der Waals surface area contributed by atoms with E-state index in [4.69, 9.17) is 19.2 Å². The summed E-state index contributed by atoms with van der Waals surface area (Å²) in [5.41, 5.74) is 2.21. The number of hydrogen-bond donors (Lipinski definition) is 2. The van der Waals surface area contributed by atoms with Crippen LogP contribution >= 0.6 is 24.0 Å². The van der Waals surface area contributed by atoms with Crippen LogP contribution in [-0.2, 0) is 11.2 Å². The van der Waals surface area contributed by atoms with Gasteiger partial charge >= 0.3 is 0 Å². The number of nitrogens with one attached hydrogen (secondary N) is 2. The molecule has 1 fully saturated rings. The number of aromatic amines is 1. The van der Waals surface area contributed by atoms with Crippen LogP contribution in [0.15, 0.2) is 23.2 Å². The van der Waals surface area contributed by atoms with E-state index in [9.17, 15) is 0 Å². The lowest BCUT2D eigenvalue weighted by molar-refractivity contribution is 0.115. The number of aryl methyl sites for hydroxylation is 1. The molecule has 3 rings (SSSR count). The number of ether oxygens (including phenoxy) is 3. The van der Waals surface area contributed by atoms with Crippen LogP contribution in [0.4, 0.5) is 0 Å². The van der Waals surface area contributed by atoms with E-state index in [2.05, 4.69) is 35.2 Å². The summed E-state index contributed by atoms with van der Waals surface area (Å²) in [4.78, 5) is 10.4. The van der Waals surface area contributed by atoms with Crippen molar-refractivity contribution in [2.24, 2.45) is 10.9 Å². The first-order chi connectivity index (χ1) is 14.6. The van der Waals surface area contributed by atoms with Gasteiger partial charge in [-0.25, -0.2) is 0 Å². The zero-order valence-corrected chi connectivity index (χ0v) is 21.5. The summed E-state index contributed by atoms with van der Waals surface area (Å²) in [6.07, 6.45) is 4.55. The number of hydrogen-bond acceptors (Lipinski definition) is 4. The molecule has 31 heavy (non-hydrogen) atoms. The lowest BCUT2D eigenvalue weighted by Crippen LogP contribution is -2.40. The number of benzene rings is 1. The largest absolute Gasteiger partial charge is 0.497 e. The van der Waals surface area contributed by atoms with Gasteiger partial charge in [0.05, 0.1) is 26.3 Å². The van der Waals surface area contributed by atoms with Gasteiger partial charge in [-0.05, 0) is 44.6 Å². The molecule has 8 heteroatoms. The average molecular weight is 544 g/mol. The van der Waals surface area contributed by atoms with Gasteiger partial charge in [0, 0.05) is 56.5 Å². The third-order valence-electron chi connectivity index (χ3n) is 5.37. The standard InChI is InChI=1S/C23H36N4O3.HI/c1-5-24-23(27(2)11-12-30-16-17-8-9-17)25-10-6-7-18-13-20-21(26-18)14-19(28-3)15-22(20)29-4;/h13-15,17,26H,5-12,16H2,1-4H3,(H,24,25);1H. The van der Waals surface area contributed by atoms with Crippen LogP contribution < -0.4 is 14.8 Å². The molecular formula is C23H37IN4O3. The third-order valence-corrected chi connectivity index (χ3v) is 5.37. The molecule has 2 aromatic rings. The Hall–Kier alpha value is -1.68. The molecule has 1 heterocycles. The number of aliphatic imine (C=N–C) groups is 1. The van der Waals surface area contributed by atoms with E-state index in [1.54, 1.807) is 14.2 Å². The van der Waals surface area contributed by atoms with Gasteiger partial charge in [-0.15, -0.1) is 24.0 Å². The summed E-state index contributed by atoms with van der Waals surface area (Å²) in [6, 6.07) is 6.08. The quantitative estimate of drug-likeness (QED) is 0.183. The zero-order chi connectivity index (χ0) is 21.3. The predicted molar refractivity (Wildman–Crippen MR) is 137 cm³/mol. The van der Waals surface area contributed by atoms with Crippen molar-refractivity contribution in [3.05, 3.63) is 23.9 Å². The van der Waals surface area contributed by atoms with Crippen molar-refractivity contribution < 1.29 is 14.2 Å². The summed E-state index contributed by atoms with van der Waals surface area (Å²) in [5.74, 6) is 3.36. The Morgan fingerprint density at radius 1 is 1.23 bits per heavy atom. The number of methoxy groups -OCH3 is 2. The predicted octanol–water partition coefficient (Wildman–Crippen LogP) is 4.06. The topological polar surface area (TPSA) is 71.1 Å². The van der Waals surface area contributed by atoms with Gasteiger partial charge < -0.3 is 29.4 Å². The molecule has 0 aliphatic heterocycles. The molecule has 7 nitrogen and oxygen atoms in total. The van der Waals surface area contributed by atoms with E-state index in [1.165, 1.54) is 18.5 Å². The highest BCUT2D eigenvalue weighted by atomic mass is 127. The van der Waals surface area contributed by atoms with Crippen LogP contribution in [0.2, 0.25) is 0 Å². The first-order valence-electron chi connectivity index (χ1n) is 10.9. The highest BCUT2D eigenvalue weighted by Crippen LogP contribution is 2.31. The second-order valence-electron chi connectivity index (χ2n) is 7.86. The fraction of sp³-hybridized carbons (Fsp3) is 0.609. The monoisotopic (exact) mass is 544 g/mol. The van der Waals surface area contributed by atoms with Crippen molar-refractivity contribution in [1.29, 1.82) is 0 Å². The van der Waals surface area contributed by atoms with Crippen LogP contribution in [0, 0.1) is 5.92 Å². The van der Waals surface area contributed by atoms with Gasteiger partial charge in [0.2, 0.25) is 0 Å². The van der Waals surface area contributed by atoms with E-state index in [0.29, 0.717) is 0 Å². The average Bonchev–Trinajstić information content (AvgIpc) is 3.49. The first kappa shape index (κ1) is 25.6.